The highest BCUT2D eigenvalue weighted by Gasteiger charge is 2.25. The second-order valence-corrected chi connectivity index (χ2v) is 7.44. The number of aliphatic imine (C=N–C) groups is 1. The molecule has 1 saturated heterocycles. The van der Waals surface area contributed by atoms with Crippen LogP contribution in [-0.2, 0) is 13.6 Å². The van der Waals surface area contributed by atoms with E-state index in [0.29, 0.717) is 12.5 Å². The highest BCUT2D eigenvalue weighted by atomic mass is 32.2. The Morgan fingerprint density at radius 2 is 2.12 bits per heavy atom. The standard InChI is InChI=1S/C18H26N6S/c1-14-21-22-17(23(14)3)11-20-18(19-2)24-10-9-15(12-24)13-25-16-7-5-4-6-8-16/h4-8,15H,9-13H2,1-3H3,(H,19,20). The van der Waals surface area contributed by atoms with Crippen LogP contribution >= 0.6 is 11.8 Å². The molecule has 1 fully saturated rings. The summed E-state index contributed by atoms with van der Waals surface area (Å²) in [4.78, 5) is 8.14. The van der Waals surface area contributed by atoms with Crippen LogP contribution in [0.1, 0.15) is 18.1 Å². The minimum absolute atomic E-state index is 0.643. The maximum absolute atomic E-state index is 4.44. The van der Waals surface area contributed by atoms with Crippen molar-refractivity contribution in [2.45, 2.75) is 24.8 Å². The van der Waals surface area contributed by atoms with Gasteiger partial charge in [0.05, 0.1) is 6.54 Å². The van der Waals surface area contributed by atoms with Gasteiger partial charge in [0.1, 0.15) is 5.82 Å². The number of hydrogen-bond donors (Lipinski definition) is 1. The summed E-state index contributed by atoms with van der Waals surface area (Å²) in [6, 6.07) is 10.6. The maximum atomic E-state index is 4.44. The van der Waals surface area contributed by atoms with Gasteiger partial charge in [-0.1, -0.05) is 18.2 Å². The highest BCUT2D eigenvalue weighted by molar-refractivity contribution is 7.99. The van der Waals surface area contributed by atoms with Gasteiger partial charge in [-0.25, -0.2) is 0 Å². The van der Waals surface area contributed by atoms with Gasteiger partial charge in [0, 0.05) is 37.8 Å². The predicted octanol–water partition coefficient (Wildman–Crippen LogP) is 2.31. The number of likely N-dealkylation sites (tertiary alicyclic amines) is 1. The van der Waals surface area contributed by atoms with Crippen LogP contribution in [0, 0.1) is 12.8 Å². The Kier molecular flexibility index (Phi) is 5.96. The predicted molar refractivity (Wildman–Crippen MR) is 103 cm³/mol. The van der Waals surface area contributed by atoms with Gasteiger partial charge >= 0.3 is 0 Å². The van der Waals surface area contributed by atoms with E-state index < -0.39 is 0 Å². The number of benzene rings is 1. The van der Waals surface area contributed by atoms with Crippen LogP contribution in [0.4, 0.5) is 0 Å². The number of nitrogens with zero attached hydrogens (tertiary/aromatic N) is 5. The molecule has 3 rings (SSSR count). The molecule has 2 heterocycles. The molecule has 1 N–H and O–H groups in total. The lowest BCUT2D eigenvalue weighted by Gasteiger charge is -2.21. The summed E-state index contributed by atoms with van der Waals surface area (Å²) in [5.74, 6) is 4.65. The zero-order valence-corrected chi connectivity index (χ0v) is 16.0. The van der Waals surface area contributed by atoms with Crippen molar-refractivity contribution in [3.8, 4) is 0 Å². The molecule has 1 unspecified atom stereocenters. The van der Waals surface area contributed by atoms with Crippen molar-refractivity contribution in [1.29, 1.82) is 0 Å². The first kappa shape index (κ1) is 17.8. The van der Waals surface area contributed by atoms with E-state index >= 15 is 0 Å². The van der Waals surface area contributed by atoms with E-state index in [-0.39, 0.29) is 0 Å². The van der Waals surface area contributed by atoms with Crippen LogP contribution in [0.25, 0.3) is 0 Å². The fraction of sp³-hybridized carbons (Fsp3) is 0.500. The van der Waals surface area contributed by atoms with E-state index in [0.717, 1.165) is 36.5 Å². The lowest BCUT2D eigenvalue weighted by molar-refractivity contribution is 0.472. The summed E-state index contributed by atoms with van der Waals surface area (Å²) >= 11 is 1.95. The zero-order chi connectivity index (χ0) is 17.6. The summed E-state index contributed by atoms with van der Waals surface area (Å²) in [7, 11) is 3.83. The molecule has 0 amide bonds. The first-order valence-electron chi connectivity index (χ1n) is 8.65. The monoisotopic (exact) mass is 358 g/mol. The average Bonchev–Trinajstić information content (AvgIpc) is 3.23. The molecular formula is C18H26N6S. The largest absolute Gasteiger partial charge is 0.349 e. The van der Waals surface area contributed by atoms with E-state index in [1.807, 2.05) is 37.3 Å². The van der Waals surface area contributed by atoms with Crippen molar-refractivity contribution in [1.82, 2.24) is 25.0 Å². The van der Waals surface area contributed by atoms with Crippen molar-refractivity contribution < 1.29 is 0 Å². The van der Waals surface area contributed by atoms with Gasteiger partial charge in [0.25, 0.3) is 0 Å². The van der Waals surface area contributed by atoms with Gasteiger partial charge in [-0.3, -0.25) is 4.99 Å². The fourth-order valence-corrected chi connectivity index (χ4v) is 4.04. The van der Waals surface area contributed by atoms with Gasteiger partial charge in [0.2, 0.25) is 0 Å². The van der Waals surface area contributed by atoms with Crippen LogP contribution in [0.15, 0.2) is 40.2 Å². The third-order valence-electron chi connectivity index (χ3n) is 4.61. The van der Waals surface area contributed by atoms with E-state index in [1.54, 1.807) is 0 Å². The number of thioether (sulfide) groups is 1. The number of nitrogens with one attached hydrogen (secondary N) is 1. The van der Waals surface area contributed by atoms with E-state index in [4.69, 9.17) is 0 Å². The Morgan fingerprint density at radius 3 is 2.80 bits per heavy atom. The molecular weight excluding hydrogens is 332 g/mol. The van der Waals surface area contributed by atoms with Gasteiger partial charge in [0.15, 0.2) is 11.8 Å². The molecule has 1 atom stereocenters. The molecule has 0 spiro atoms. The second kappa shape index (κ2) is 8.38. The quantitative estimate of drug-likeness (QED) is 0.505. The highest BCUT2D eigenvalue weighted by Crippen LogP contribution is 2.25. The molecule has 25 heavy (non-hydrogen) atoms. The van der Waals surface area contributed by atoms with E-state index in [1.165, 1.54) is 11.3 Å². The molecule has 1 aliphatic heterocycles. The van der Waals surface area contributed by atoms with Crippen molar-refractivity contribution in [3.05, 3.63) is 42.0 Å². The third kappa shape index (κ3) is 4.54. The van der Waals surface area contributed by atoms with E-state index in [2.05, 4.69) is 55.7 Å². The Morgan fingerprint density at radius 1 is 1.32 bits per heavy atom. The number of aryl methyl sites for hydroxylation is 1. The topological polar surface area (TPSA) is 58.3 Å². The summed E-state index contributed by atoms with van der Waals surface area (Å²) in [5.41, 5.74) is 0. The molecule has 1 aromatic carbocycles. The van der Waals surface area contributed by atoms with Crippen LogP contribution in [0.2, 0.25) is 0 Å². The molecule has 0 aliphatic carbocycles. The first-order valence-corrected chi connectivity index (χ1v) is 9.64. The number of hydrogen-bond acceptors (Lipinski definition) is 4. The van der Waals surface area contributed by atoms with Crippen LogP contribution < -0.4 is 5.32 Å². The van der Waals surface area contributed by atoms with Crippen molar-refractivity contribution in [2.75, 3.05) is 25.9 Å². The molecule has 134 valence electrons. The second-order valence-electron chi connectivity index (χ2n) is 6.35. The average molecular weight is 359 g/mol. The maximum Gasteiger partial charge on any atom is 0.194 e. The van der Waals surface area contributed by atoms with Crippen molar-refractivity contribution in [3.63, 3.8) is 0 Å². The van der Waals surface area contributed by atoms with Crippen LogP contribution in [0.5, 0.6) is 0 Å². The van der Waals surface area contributed by atoms with Crippen molar-refractivity contribution in [2.24, 2.45) is 18.0 Å². The molecule has 2 aromatic rings. The van der Waals surface area contributed by atoms with Gasteiger partial charge in [-0.05, 0) is 31.4 Å². The number of rotatable bonds is 5. The summed E-state index contributed by atoms with van der Waals surface area (Å²) < 4.78 is 2.00. The fourth-order valence-electron chi connectivity index (χ4n) is 2.99. The minimum Gasteiger partial charge on any atom is -0.349 e. The van der Waals surface area contributed by atoms with Crippen molar-refractivity contribution >= 4 is 17.7 Å². The minimum atomic E-state index is 0.643. The first-order chi connectivity index (χ1) is 12.2. The Balaban J connectivity index is 1.48. The molecule has 1 aromatic heterocycles. The Bertz CT molecular complexity index is 712. The molecule has 0 saturated carbocycles. The smallest absolute Gasteiger partial charge is 0.194 e. The molecule has 6 nitrogen and oxygen atoms in total. The molecule has 1 aliphatic rings. The SMILES string of the molecule is CN=C(NCc1nnc(C)n1C)N1CCC(CSc2ccccc2)C1. The normalized spacial score (nSPS) is 18.0. The Labute approximate surface area is 153 Å². The number of guanidine groups is 1. The van der Waals surface area contributed by atoms with E-state index in [9.17, 15) is 0 Å². The van der Waals surface area contributed by atoms with Gasteiger partial charge < -0.3 is 14.8 Å². The zero-order valence-electron chi connectivity index (χ0n) is 15.1. The van der Waals surface area contributed by atoms with Crippen LogP contribution in [-0.4, -0.2) is 51.5 Å². The summed E-state index contributed by atoms with van der Waals surface area (Å²) in [5, 5.41) is 11.7. The van der Waals surface area contributed by atoms with Gasteiger partial charge in [-0.2, -0.15) is 0 Å². The van der Waals surface area contributed by atoms with Crippen LogP contribution in [0.3, 0.4) is 0 Å². The summed E-state index contributed by atoms with van der Waals surface area (Å²) in [6.45, 7) is 4.71. The Hall–Kier alpha value is -2.02. The van der Waals surface area contributed by atoms with Gasteiger partial charge in [-0.15, -0.1) is 22.0 Å². The molecule has 0 radical (unpaired) electrons. The summed E-state index contributed by atoms with van der Waals surface area (Å²) in [6.07, 6.45) is 1.21. The number of aromatic nitrogens is 3. The lowest BCUT2D eigenvalue weighted by atomic mass is 10.2. The third-order valence-corrected chi connectivity index (χ3v) is 5.86. The molecule has 7 heteroatoms. The molecule has 0 bridgehead atoms. The lowest BCUT2D eigenvalue weighted by Crippen LogP contribution is -2.40.